The molecule has 120 valence electrons. The highest BCUT2D eigenvalue weighted by atomic mass is 16.5. The number of benzene rings is 2. The minimum absolute atomic E-state index is 0.696. The molecule has 0 saturated carbocycles. The van der Waals surface area contributed by atoms with Gasteiger partial charge in [-0.25, -0.2) is 0 Å². The Morgan fingerprint density at radius 3 is 2.30 bits per heavy atom. The summed E-state index contributed by atoms with van der Waals surface area (Å²) in [7, 11) is 3.30. The zero-order chi connectivity index (χ0) is 16.5. The van der Waals surface area contributed by atoms with Crippen molar-refractivity contribution in [1.29, 1.82) is 5.26 Å². The molecule has 2 aromatic carbocycles. The molecule has 0 aliphatic carbocycles. The molecular weight excluding hydrogens is 288 g/mol. The van der Waals surface area contributed by atoms with Gasteiger partial charge in [0.25, 0.3) is 0 Å². The van der Waals surface area contributed by atoms with Gasteiger partial charge in [0, 0.05) is 6.54 Å². The summed E-state index contributed by atoms with van der Waals surface area (Å²) in [6, 6.07) is 15.8. The van der Waals surface area contributed by atoms with Crippen molar-refractivity contribution >= 4 is 0 Å². The number of nitrogens with one attached hydrogen (secondary N) is 1. The number of ether oxygens (including phenoxy) is 2. The zero-order valence-electron chi connectivity index (χ0n) is 13.6. The second-order valence-electron chi connectivity index (χ2n) is 5.28. The fourth-order valence-corrected chi connectivity index (χ4v) is 2.38. The minimum Gasteiger partial charge on any atom is -0.493 e. The Labute approximate surface area is 137 Å². The predicted octanol–water partition coefficient (Wildman–Crippen LogP) is 3.30. The van der Waals surface area contributed by atoms with Gasteiger partial charge in [-0.1, -0.05) is 18.2 Å². The summed E-state index contributed by atoms with van der Waals surface area (Å²) in [5.74, 6) is 1.53. The first-order valence-electron chi connectivity index (χ1n) is 7.67. The lowest BCUT2D eigenvalue weighted by Gasteiger charge is -2.10. The van der Waals surface area contributed by atoms with Crippen molar-refractivity contribution in [2.45, 2.75) is 19.4 Å². The van der Waals surface area contributed by atoms with Gasteiger partial charge in [-0.2, -0.15) is 5.26 Å². The number of hydrogen-bond donors (Lipinski definition) is 1. The maximum Gasteiger partial charge on any atom is 0.160 e. The fraction of sp³-hybridized carbons (Fsp3) is 0.316. The number of nitrogens with zero attached hydrogens (tertiary/aromatic N) is 1. The van der Waals surface area contributed by atoms with Crippen LogP contribution in [0, 0.1) is 11.3 Å². The van der Waals surface area contributed by atoms with E-state index in [1.54, 1.807) is 14.2 Å². The van der Waals surface area contributed by atoms with Crippen LogP contribution in [0.15, 0.2) is 42.5 Å². The maximum absolute atomic E-state index is 8.77. The first-order chi connectivity index (χ1) is 11.3. The molecule has 2 rings (SSSR count). The zero-order valence-corrected chi connectivity index (χ0v) is 13.6. The maximum atomic E-state index is 8.77. The van der Waals surface area contributed by atoms with E-state index in [1.807, 2.05) is 36.4 Å². The first-order valence-corrected chi connectivity index (χ1v) is 7.67. The third-order valence-corrected chi connectivity index (χ3v) is 3.68. The molecular formula is C19H22N2O2. The fourth-order valence-electron chi connectivity index (χ4n) is 2.38. The lowest BCUT2D eigenvalue weighted by atomic mass is 10.1. The van der Waals surface area contributed by atoms with Crippen molar-refractivity contribution < 1.29 is 9.47 Å². The van der Waals surface area contributed by atoms with E-state index in [0.29, 0.717) is 5.56 Å². The molecule has 0 spiro atoms. The van der Waals surface area contributed by atoms with Gasteiger partial charge in [-0.15, -0.1) is 0 Å². The molecule has 0 fully saturated rings. The van der Waals surface area contributed by atoms with Crippen molar-refractivity contribution in [3.8, 4) is 17.6 Å². The van der Waals surface area contributed by atoms with E-state index in [9.17, 15) is 0 Å². The molecule has 0 aliphatic heterocycles. The smallest absolute Gasteiger partial charge is 0.160 e. The summed E-state index contributed by atoms with van der Waals surface area (Å²) < 4.78 is 10.6. The molecule has 4 heteroatoms. The molecule has 0 bridgehead atoms. The Morgan fingerprint density at radius 1 is 0.957 bits per heavy atom. The molecule has 0 atom stereocenters. The van der Waals surface area contributed by atoms with Crippen LogP contribution in [0.3, 0.4) is 0 Å². The minimum atomic E-state index is 0.696. The lowest BCUT2D eigenvalue weighted by Crippen LogP contribution is -2.15. The van der Waals surface area contributed by atoms with E-state index in [4.69, 9.17) is 14.7 Å². The van der Waals surface area contributed by atoms with Gasteiger partial charge in [0.1, 0.15) is 0 Å². The van der Waals surface area contributed by atoms with Crippen LogP contribution in [-0.4, -0.2) is 20.8 Å². The molecule has 0 unspecified atom stereocenters. The van der Waals surface area contributed by atoms with Crippen LogP contribution in [0.4, 0.5) is 0 Å². The Kier molecular flexibility index (Phi) is 6.46. The second kappa shape index (κ2) is 8.82. The number of nitriles is 1. The van der Waals surface area contributed by atoms with Crippen molar-refractivity contribution in [2.75, 3.05) is 20.8 Å². The first kappa shape index (κ1) is 16.9. The van der Waals surface area contributed by atoms with Crippen molar-refractivity contribution in [1.82, 2.24) is 5.32 Å². The molecule has 0 aliphatic rings. The van der Waals surface area contributed by atoms with Crippen LogP contribution < -0.4 is 14.8 Å². The SMILES string of the molecule is COc1ccc(CCCNCc2ccc(C#N)cc2)cc1OC. The number of methoxy groups -OCH3 is 2. The Bertz CT molecular complexity index is 660. The van der Waals surface area contributed by atoms with Gasteiger partial charge >= 0.3 is 0 Å². The van der Waals surface area contributed by atoms with Gasteiger partial charge in [-0.3, -0.25) is 0 Å². The Balaban J connectivity index is 1.73. The van der Waals surface area contributed by atoms with Crippen LogP contribution in [0.25, 0.3) is 0 Å². The van der Waals surface area contributed by atoms with E-state index in [1.165, 1.54) is 11.1 Å². The van der Waals surface area contributed by atoms with Crippen molar-refractivity contribution in [2.24, 2.45) is 0 Å². The van der Waals surface area contributed by atoms with Crippen LogP contribution in [0.5, 0.6) is 11.5 Å². The highest BCUT2D eigenvalue weighted by Gasteiger charge is 2.04. The molecule has 2 aromatic rings. The van der Waals surface area contributed by atoms with Gasteiger partial charge in [-0.05, 0) is 54.8 Å². The third kappa shape index (κ3) is 5.01. The van der Waals surface area contributed by atoms with Gasteiger partial charge in [0.05, 0.1) is 25.9 Å². The van der Waals surface area contributed by atoms with Gasteiger partial charge in [0.15, 0.2) is 11.5 Å². The molecule has 4 nitrogen and oxygen atoms in total. The van der Waals surface area contributed by atoms with E-state index < -0.39 is 0 Å². The summed E-state index contributed by atoms with van der Waals surface area (Å²) in [6.07, 6.45) is 2.03. The third-order valence-electron chi connectivity index (χ3n) is 3.68. The van der Waals surface area contributed by atoms with Crippen molar-refractivity contribution in [3.05, 3.63) is 59.2 Å². The number of rotatable bonds is 8. The average Bonchev–Trinajstić information content (AvgIpc) is 2.61. The Hall–Kier alpha value is -2.51. The van der Waals surface area contributed by atoms with E-state index >= 15 is 0 Å². The van der Waals surface area contributed by atoms with Crippen LogP contribution in [0.2, 0.25) is 0 Å². The predicted molar refractivity (Wildman–Crippen MR) is 90.7 cm³/mol. The molecule has 0 radical (unpaired) electrons. The van der Waals surface area contributed by atoms with E-state index in [0.717, 1.165) is 37.4 Å². The summed E-state index contributed by atoms with van der Waals surface area (Å²) in [4.78, 5) is 0. The van der Waals surface area contributed by atoms with E-state index in [2.05, 4.69) is 17.5 Å². The highest BCUT2D eigenvalue weighted by Crippen LogP contribution is 2.27. The number of aryl methyl sites for hydroxylation is 1. The summed E-state index contributed by atoms with van der Waals surface area (Å²) in [6.45, 7) is 1.76. The largest absolute Gasteiger partial charge is 0.493 e. The average molecular weight is 310 g/mol. The number of hydrogen-bond acceptors (Lipinski definition) is 4. The molecule has 0 heterocycles. The normalized spacial score (nSPS) is 10.1. The summed E-state index contributed by atoms with van der Waals surface area (Å²) >= 11 is 0. The quantitative estimate of drug-likeness (QED) is 0.760. The molecule has 1 N–H and O–H groups in total. The molecule has 0 saturated heterocycles. The summed E-state index contributed by atoms with van der Waals surface area (Å²) in [5.41, 5.74) is 3.13. The van der Waals surface area contributed by atoms with Crippen molar-refractivity contribution in [3.63, 3.8) is 0 Å². The van der Waals surface area contributed by atoms with Gasteiger partial charge in [0.2, 0.25) is 0 Å². The summed E-state index contributed by atoms with van der Waals surface area (Å²) in [5, 5.41) is 12.2. The second-order valence-corrected chi connectivity index (χ2v) is 5.28. The molecule has 23 heavy (non-hydrogen) atoms. The standard InChI is InChI=1S/C19H22N2O2/c1-22-18-10-9-15(12-19(18)23-2)4-3-11-21-14-17-7-5-16(13-20)6-8-17/h5-10,12,21H,3-4,11,14H2,1-2H3. The monoisotopic (exact) mass is 310 g/mol. The van der Waals surface area contributed by atoms with Crippen LogP contribution in [-0.2, 0) is 13.0 Å². The highest BCUT2D eigenvalue weighted by molar-refractivity contribution is 5.42. The Morgan fingerprint density at radius 2 is 1.65 bits per heavy atom. The molecule has 0 amide bonds. The lowest BCUT2D eigenvalue weighted by molar-refractivity contribution is 0.354. The van der Waals surface area contributed by atoms with E-state index in [-0.39, 0.29) is 0 Å². The molecule has 0 aromatic heterocycles. The van der Waals surface area contributed by atoms with Crippen LogP contribution >= 0.6 is 0 Å². The topological polar surface area (TPSA) is 54.3 Å². The van der Waals surface area contributed by atoms with Crippen LogP contribution in [0.1, 0.15) is 23.1 Å². The van der Waals surface area contributed by atoms with Gasteiger partial charge < -0.3 is 14.8 Å².